The third-order valence-electron chi connectivity index (χ3n) is 3.02. The van der Waals surface area contributed by atoms with Crippen LogP contribution in [-0.4, -0.2) is 29.1 Å². The number of nitrogens with zero attached hydrogens (tertiary/aromatic N) is 1. The average molecular weight is 299 g/mol. The second kappa shape index (κ2) is 7.21. The number of H-pyrrole nitrogens is 1. The monoisotopic (exact) mass is 299 g/mol. The van der Waals surface area contributed by atoms with Gasteiger partial charge in [0, 0.05) is 12.5 Å². The van der Waals surface area contributed by atoms with Gasteiger partial charge in [0.1, 0.15) is 12.1 Å². The number of esters is 1. The van der Waals surface area contributed by atoms with Crippen LogP contribution in [0.15, 0.2) is 35.9 Å². The number of aromatic amines is 1. The third-order valence-corrected chi connectivity index (χ3v) is 3.02. The highest BCUT2D eigenvalue weighted by Gasteiger charge is 2.10. The van der Waals surface area contributed by atoms with Crippen LogP contribution in [0.2, 0.25) is 0 Å². The lowest BCUT2D eigenvalue weighted by atomic mass is 10.1. The zero-order valence-electron chi connectivity index (χ0n) is 12.2. The van der Waals surface area contributed by atoms with Crippen molar-refractivity contribution in [3.63, 3.8) is 0 Å². The Morgan fingerprint density at radius 2 is 2.23 bits per heavy atom. The summed E-state index contributed by atoms with van der Waals surface area (Å²) in [5, 5.41) is 6.04. The number of benzene rings is 1. The molecule has 1 heterocycles. The zero-order chi connectivity index (χ0) is 15.9. The summed E-state index contributed by atoms with van der Waals surface area (Å²) in [7, 11) is 0. The summed E-state index contributed by atoms with van der Waals surface area (Å²) in [5.41, 5.74) is 8.83. The molecule has 0 unspecified atom stereocenters. The molecule has 2 aromatic rings. The van der Waals surface area contributed by atoms with Crippen LogP contribution in [0.4, 0.5) is 5.82 Å². The van der Waals surface area contributed by atoms with Crippen LogP contribution in [0.1, 0.15) is 28.5 Å². The lowest BCUT2D eigenvalue weighted by molar-refractivity contribution is -0.104. The first-order valence-electron chi connectivity index (χ1n) is 6.85. The van der Waals surface area contributed by atoms with Crippen LogP contribution in [0, 0.1) is 0 Å². The number of carbonyl (C=O) groups excluding carboxylic acids is 2. The number of aldehydes is 1. The molecule has 1 aliphatic rings. The molecule has 3 rings (SSSR count). The van der Waals surface area contributed by atoms with Crippen LogP contribution in [0.5, 0.6) is 0 Å². The molecular formula is C16H17N3O3. The number of fused-ring (bicyclic) bond motifs is 1. The molecule has 0 saturated carbocycles. The summed E-state index contributed by atoms with van der Waals surface area (Å²) in [6.07, 6.45) is 3.68. The molecular weight excluding hydrogens is 282 g/mol. The van der Waals surface area contributed by atoms with Gasteiger partial charge >= 0.3 is 5.97 Å². The van der Waals surface area contributed by atoms with E-state index in [2.05, 4.69) is 21.0 Å². The predicted octanol–water partition coefficient (Wildman–Crippen LogP) is 1.99. The van der Waals surface area contributed by atoms with Crippen molar-refractivity contribution in [2.24, 2.45) is 0 Å². The van der Waals surface area contributed by atoms with Crippen molar-refractivity contribution in [3.8, 4) is 0 Å². The number of nitrogens with one attached hydrogen (secondary N) is 1. The molecule has 0 bridgehead atoms. The lowest BCUT2D eigenvalue weighted by Gasteiger charge is -1.94. The average Bonchev–Trinajstić information content (AvgIpc) is 3.13. The number of allylic oxidation sites excluding steroid dienone is 1. The zero-order valence-corrected chi connectivity index (χ0v) is 12.2. The molecule has 22 heavy (non-hydrogen) atoms. The van der Waals surface area contributed by atoms with Crippen LogP contribution < -0.4 is 5.73 Å². The molecule has 1 aromatic carbocycles. The summed E-state index contributed by atoms with van der Waals surface area (Å²) < 4.78 is 4.66. The first-order valence-corrected chi connectivity index (χ1v) is 6.85. The summed E-state index contributed by atoms with van der Waals surface area (Å²) >= 11 is 0. The minimum atomic E-state index is -0.458. The van der Waals surface area contributed by atoms with Crippen molar-refractivity contribution >= 4 is 24.1 Å². The van der Waals surface area contributed by atoms with Gasteiger partial charge in [0.25, 0.3) is 0 Å². The summed E-state index contributed by atoms with van der Waals surface area (Å²) in [4.78, 5) is 21.3. The fourth-order valence-corrected chi connectivity index (χ4v) is 2.03. The Bertz CT molecular complexity index is 704. The molecule has 6 nitrogen and oxygen atoms in total. The van der Waals surface area contributed by atoms with Gasteiger partial charge in [0.05, 0.1) is 6.61 Å². The van der Waals surface area contributed by atoms with E-state index in [1.807, 2.05) is 24.3 Å². The molecule has 0 saturated heterocycles. The number of ether oxygens (including phenoxy) is 1. The van der Waals surface area contributed by atoms with E-state index in [0.717, 1.165) is 18.3 Å². The SMILES string of the molecule is CCOC(=O)c1cc(N)[nH]n1.O=CC1=Cc2ccccc2C1. The molecule has 1 aliphatic carbocycles. The van der Waals surface area contributed by atoms with Crippen molar-refractivity contribution in [1.82, 2.24) is 10.2 Å². The minimum Gasteiger partial charge on any atom is -0.461 e. The number of aromatic nitrogens is 2. The van der Waals surface area contributed by atoms with Gasteiger partial charge in [-0.25, -0.2) is 4.79 Å². The fourth-order valence-electron chi connectivity index (χ4n) is 2.03. The minimum absolute atomic E-state index is 0.212. The van der Waals surface area contributed by atoms with Crippen LogP contribution in [0.25, 0.3) is 6.08 Å². The Balaban J connectivity index is 0.000000160. The number of carbonyl (C=O) groups is 2. The van der Waals surface area contributed by atoms with Gasteiger partial charge < -0.3 is 10.5 Å². The second-order valence-electron chi connectivity index (χ2n) is 4.64. The van der Waals surface area contributed by atoms with Crippen molar-refractivity contribution in [1.29, 1.82) is 0 Å². The first-order chi connectivity index (χ1) is 10.6. The van der Waals surface area contributed by atoms with E-state index in [1.54, 1.807) is 6.92 Å². The standard InChI is InChI=1S/C10H8O.C6H9N3O2/c11-7-8-5-9-3-1-2-4-10(9)6-8;1-2-11-6(10)4-3-5(7)9-8-4/h1-5,7H,6H2;3H,2H2,1H3,(H3,7,8,9). The van der Waals surface area contributed by atoms with Crippen molar-refractivity contribution < 1.29 is 14.3 Å². The van der Waals surface area contributed by atoms with Crippen molar-refractivity contribution in [2.75, 3.05) is 12.3 Å². The van der Waals surface area contributed by atoms with Gasteiger partial charge in [0.15, 0.2) is 5.69 Å². The topological polar surface area (TPSA) is 98.1 Å². The molecule has 0 aliphatic heterocycles. The van der Waals surface area contributed by atoms with E-state index < -0.39 is 5.97 Å². The van der Waals surface area contributed by atoms with Crippen LogP contribution >= 0.6 is 0 Å². The molecule has 3 N–H and O–H groups in total. The van der Waals surface area contributed by atoms with Crippen molar-refractivity contribution in [2.45, 2.75) is 13.3 Å². The molecule has 6 heteroatoms. The Morgan fingerprint density at radius 1 is 1.45 bits per heavy atom. The Hall–Kier alpha value is -2.89. The van der Waals surface area contributed by atoms with Gasteiger partial charge in [-0.1, -0.05) is 24.3 Å². The number of hydrogen-bond donors (Lipinski definition) is 2. The maximum absolute atomic E-state index is 10.9. The summed E-state index contributed by atoms with van der Waals surface area (Å²) in [6, 6.07) is 9.51. The summed E-state index contributed by atoms with van der Waals surface area (Å²) in [6.45, 7) is 2.07. The lowest BCUT2D eigenvalue weighted by Crippen LogP contribution is -2.04. The number of nitrogen functional groups attached to an aromatic ring is 1. The van der Waals surface area contributed by atoms with Gasteiger partial charge in [-0.2, -0.15) is 5.10 Å². The number of nitrogens with two attached hydrogens (primary N) is 1. The Kier molecular flexibility index (Phi) is 5.08. The Labute approximate surface area is 128 Å². The number of hydrogen-bond acceptors (Lipinski definition) is 5. The number of anilines is 1. The predicted molar refractivity (Wildman–Crippen MR) is 83.1 cm³/mol. The molecule has 1 aromatic heterocycles. The Morgan fingerprint density at radius 3 is 2.82 bits per heavy atom. The maximum atomic E-state index is 10.9. The molecule has 0 atom stereocenters. The van der Waals surface area contributed by atoms with Gasteiger partial charge in [-0.15, -0.1) is 0 Å². The van der Waals surface area contributed by atoms with E-state index in [0.29, 0.717) is 12.4 Å². The second-order valence-corrected chi connectivity index (χ2v) is 4.64. The molecule has 0 fully saturated rings. The quantitative estimate of drug-likeness (QED) is 0.667. The van der Waals surface area contributed by atoms with Crippen LogP contribution in [-0.2, 0) is 16.0 Å². The molecule has 0 spiro atoms. The van der Waals surface area contributed by atoms with E-state index in [-0.39, 0.29) is 5.69 Å². The highest BCUT2D eigenvalue weighted by atomic mass is 16.5. The van der Waals surface area contributed by atoms with E-state index in [1.165, 1.54) is 17.2 Å². The highest BCUT2D eigenvalue weighted by molar-refractivity contribution is 5.88. The normalized spacial score (nSPS) is 11.8. The van der Waals surface area contributed by atoms with Crippen LogP contribution in [0.3, 0.4) is 0 Å². The highest BCUT2D eigenvalue weighted by Crippen LogP contribution is 2.22. The van der Waals surface area contributed by atoms with E-state index in [4.69, 9.17) is 5.73 Å². The summed E-state index contributed by atoms with van der Waals surface area (Å²) in [5.74, 6) is -0.103. The third kappa shape index (κ3) is 3.82. The van der Waals surface area contributed by atoms with E-state index >= 15 is 0 Å². The maximum Gasteiger partial charge on any atom is 0.358 e. The molecule has 114 valence electrons. The smallest absolute Gasteiger partial charge is 0.358 e. The molecule has 0 amide bonds. The van der Waals surface area contributed by atoms with Gasteiger partial charge in [-0.05, 0) is 29.7 Å². The molecule has 0 radical (unpaired) electrons. The first kappa shape index (κ1) is 15.5. The van der Waals surface area contributed by atoms with E-state index in [9.17, 15) is 9.59 Å². The fraction of sp³-hybridized carbons (Fsp3) is 0.188. The largest absolute Gasteiger partial charge is 0.461 e. The number of rotatable bonds is 3. The van der Waals surface area contributed by atoms with Gasteiger partial charge in [0.2, 0.25) is 0 Å². The van der Waals surface area contributed by atoms with Gasteiger partial charge in [-0.3, -0.25) is 9.89 Å². The van der Waals surface area contributed by atoms with Crippen molar-refractivity contribution in [3.05, 3.63) is 52.7 Å².